The number of nitrogens with one attached hydrogen (secondary N) is 2. The zero-order chi connectivity index (χ0) is 10.5. The van der Waals surface area contributed by atoms with Gasteiger partial charge in [-0.15, -0.1) is 0 Å². The summed E-state index contributed by atoms with van der Waals surface area (Å²) >= 11 is 0. The third-order valence-electron chi connectivity index (χ3n) is 3.82. The summed E-state index contributed by atoms with van der Waals surface area (Å²) in [6.45, 7) is 2.36. The van der Waals surface area contributed by atoms with Gasteiger partial charge in [0.15, 0.2) is 0 Å². The van der Waals surface area contributed by atoms with Crippen LogP contribution in [0.2, 0.25) is 0 Å². The van der Waals surface area contributed by atoms with Crippen LogP contribution in [0.1, 0.15) is 38.5 Å². The van der Waals surface area contributed by atoms with Gasteiger partial charge in [0, 0.05) is 19.2 Å². The van der Waals surface area contributed by atoms with E-state index in [4.69, 9.17) is 4.74 Å². The van der Waals surface area contributed by atoms with Crippen molar-refractivity contribution in [3.05, 3.63) is 0 Å². The van der Waals surface area contributed by atoms with Crippen LogP contribution in [0, 0.1) is 0 Å². The molecule has 1 saturated carbocycles. The molecule has 1 saturated heterocycles. The van der Waals surface area contributed by atoms with Crippen molar-refractivity contribution in [1.29, 1.82) is 0 Å². The Hall–Kier alpha value is -0.120. The van der Waals surface area contributed by atoms with Gasteiger partial charge in [0.25, 0.3) is 0 Å². The lowest BCUT2D eigenvalue weighted by molar-refractivity contribution is 0.0850. The highest BCUT2D eigenvalue weighted by molar-refractivity contribution is 4.84. The Balaban J connectivity index is 1.60. The van der Waals surface area contributed by atoms with Crippen molar-refractivity contribution in [2.24, 2.45) is 0 Å². The molecule has 88 valence electrons. The molecule has 0 radical (unpaired) electrons. The van der Waals surface area contributed by atoms with Crippen LogP contribution in [0.5, 0.6) is 0 Å². The summed E-state index contributed by atoms with van der Waals surface area (Å²) in [5.74, 6) is 0. The van der Waals surface area contributed by atoms with Gasteiger partial charge in [-0.1, -0.05) is 0 Å². The van der Waals surface area contributed by atoms with E-state index in [1.165, 1.54) is 45.1 Å². The second-order valence-electron chi connectivity index (χ2n) is 4.85. The summed E-state index contributed by atoms with van der Waals surface area (Å²) in [4.78, 5) is 0. The molecule has 3 nitrogen and oxygen atoms in total. The third-order valence-corrected chi connectivity index (χ3v) is 3.82. The standard InChI is InChI=1S/C12H24N2O/c1-15-12-6-2-5-11(12)14-9-7-10-4-3-8-13-10/h10-14H,2-9H2,1H3. The minimum atomic E-state index is 0.460. The van der Waals surface area contributed by atoms with Gasteiger partial charge in [0.1, 0.15) is 0 Å². The van der Waals surface area contributed by atoms with Crippen LogP contribution in [0.4, 0.5) is 0 Å². The Kier molecular flexibility index (Phi) is 4.42. The van der Waals surface area contributed by atoms with Gasteiger partial charge in [0.2, 0.25) is 0 Å². The number of ether oxygens (including phenoxy) is 1. The Labute approximate surface area is 93.0 Å². The van der Waals surface area contributed by atoms with E-state index in [1.54, 1.807) is 0 Å². The molecule has 2 fully saturated rings. The Morgan fingerprint density at radius 1 is 1.27 bits per heavy atom. The second kappa shape index (κ2) is 5.83. The summed E-state index contributed by atoms with van der Waals surface area (Å²) in [6.07, 6.45) is 8.29. The van der Waals surface area contributed by atoms with E-state index >= 15 is 0 Å². The first-order valence-electron chi connectivity index (χ1n) is 6.39. The Bertz CT molecular complexity index is 180. The molecule has 0 bridgehead atoms. The summed E-state index contributed by atoms with van der Waals surface area (Å²) < 4.78 is 5.47. The molecule has 0 aromatic rings. The highest BCUT2D eigenvalue weighted by Gasteiger charge is 2.26. The lowest BCUT2D eigenvalue weighted by Gasteiger charge is -2.20. The predicted molar refractivity (Wildman–Crippen MR) is 62.1 cm³/mol. The molecule has 0 spiro atoms. The summed E-state index contributed by atoms with van der Waals surface area (Å²) in [5, 5.41) is 7.18. The molecule has 3 atom stereocenters. The lowest BCUT2D eigenvalue weighted by atomic mass is 10.1. The van der Waals surface area contributed by atoms with E-state index in [0.29, 0.717) is 12.1 Å². The van der Waals surface area contributed by atoms with Crippen molar-refractivity contribution in [2.75, 3.05) is 20.2 Å². The van der Waals surface area contributed by atoms with E-state index in [0.717, 1.165) is 12.6 Å². The minimum Gasteiger partial charge on any atom is -0.380 e. The molecule has 3 heteroatoms. The summed E-state index contributed by atoms with van der Waals surface area (Å²) in [5.41, 5.74) is 0. The number of hydrogen-bond acceptors (Lipinski definition) is 3. The van der Waals surface area contributed by atoms with Gasteiger partial charge in [-0.05, 0) is 51.6 Å². The molecule has 1 aliphatic carbocycles. The zero-order valence-corrected chi connectivity index (χ0v) is 9.80. The van der Waals surface area contributed by atoms with E-state index in [9.17, 15) is 0 Å². The first-order valence-corrected chi connectivity index (χ1v) is 6.39. The van der Waals surface area contributed by atoms with E-state index in [2.05, 4.69) is 10.6 Å². The van der Waals surface area contributed by atoms with Gasteiger partial charge < -0.3 is 15.4 Å². The van der Waals surface area contributed by atoms with E-state index < -0.39 is 0 Å². The van der Waals surface area contributed by atoms with E-state index in [1.807, 2.05) is 7.11 Å². The van der Waals surface area contributed by atoms with E-state index in [-0.39, 0.29) is 0 Å². The third kappa shape index (κ3) is 3.16. The minimum absolute atomic E-state index is 0.460. The second-order valence-corrected chi connectivity index (χ2v) is 4.85. The molecule has 3 unspecified atom stereocenters. The fourth-order valence-corrected chi connectivity index (χ4v) is 2.89. The topological polar surface area (TPSA) is 33.3 Å². The molecular weight excluding hydrogens is 188 g/mol. The van der Waals surface area contributed by atoms with Crippen molar-refractivity contribution in [3.8, 4) is 0 Å². The molecule has 2 rings (SSSR count). The highest BCUT2D eigenvalue weighted by atomic mass is 16.5. The van der Waals surface area contributed by atoms with Crippen molar-refractivity contribution in [1.82, 2.24) is 10.6 Å². The molecule has 1 aliphatic heterocycles. The Morgan fingerprint density at radius 2 is 2.20 bits per heavy atom. The quantitative estimate of drug-likeness (QED) is 0.720. The maximum atomic E-state index is 5.47. The van der Waals surface area contributed by atoms with Gasteiger partial charge in [-0.2, -0.15) is 0 Å². The highest BCUT2D eigenvalue weighted by Crippen LogP contribution is 2.21. The van der Waals surface area contributed by atoms with Crippen LogP contribution < -0.4 is 10.6 Å². The molecule has 0 aromatic carbocycles. The van der Waals surface area contributed by atoms with Crippen LogP contribution in [0.3, 0.4) is 0 Å². The number of rotatable bonds is 5. The maximum absolute atomic E-state index is 5.47. The number of methoxy groups -OCH3 is 1. The van der Waals surface area contributed by atoms with Crippen LogP contribution in [0.25, 0.3) is 0 Å². The van der Waals surface area contributed by atoms with Crippen molar-refractivity contribution in [3.63, 3.8) is 0 Å². The smallest absolute Gasteiger partial charge is 0.0724 e. The Morgan fingerprint density at radius 3 is 2.93 bits per heavy atom. The first-order chi connectivity index (χ1) is 7.40. The average molecular weight is 212 g/mol. The fourth-order valence-electron chi connectivity index (χ4n) is 2.89. The van der Waals surface area contributed by atoms with Crippen molar-refractivity contribution in [2.45, 2.75) is 56.7 Å². The van der Waals surface area contributed by atoms with Crippen LogP contribution in [0.15, 0.2) is 0 Å². The average Bonchev–Trinajstić information content (AvgIpc) is 2.88. The van der Waals surface area contributed by atoms with Gasteiger partial charge in [-0.25, -0.2) is 0 Å². The largest absolute Gasteiger partial charge is 0.380 e. The van der Waals surface area contributed by atoms with Crippen molar-refractivity contribution < 1.29 is 4.74 Å². The van der Waals surface area contributed by atoms with Gasteiger partial charge in [-0.3, -0.25) is 0 Å². The maximum Gasteiger partial charge on any atom is 0.0724 e. The van der Waals surface area contributed by atoms with Crippen LogP contribution in [-0.2, 0) is 4.74 Å². The first kappa shape index (κ1) is 11.4. The normalized spacial score (nSPS) is 36.2. The van der Waals surface area contributed by atoms with Gasteiger partial charge in [0.05, 0.1) is 6.10 Å². The summed E-state index contributed by atoms with van der Waals surface area (Å²) in [6, 6.07) is 1.37. The molecule has 1 heterocycles. The number of hydrogen-bond donors (Lipinski definition) is 2. The zero-order valence-electron chi connectivity index (χ0n) is 9.80. The molecule has 2 N–H and O–H groups in total. The predicted octanol–water partition coefficient (Wildman–Crippen LogP) is 1.29. The van der Waals surface area contributed by atoms with Gasteiger partial charge >= 0.3 is 0 Å². The molecule has 2 aliphatic rings. The fraction of sp³-hybridized carbons (Fsp3) is 1.00. The van der Waals surface area contributed by atoms with Crippen molar-refractivity contribution >= 4 is 0 Å². The van der Waals surface area contributed by atoms with Crippen LogP contribution >= 0.6 is 0 Å². The lowest BCUT2D eigenvalue weighted by Crippen LogP contribution is -2.39. The molecule has 0 aromatic heterocycles. The molecule has 15 heavy (non-hydrogen) atoms. The summed E-state index contributed by atoms with van der Waals surface area (Å²) in [7, 11) is 1.84. The monoisotopic (exact) mass is 212 g/mol. The SMILES string of the molecule is COC1CCCC1NCCC1CCCN1. The molecular formula is C12H24N2O. The molecule has 0 amide bonds. The van der Waals surface area contributed by atoms with Crippen LogP contribution in [-0.4, -0.2) is 38.4 Å².